The van der Waals surface area contributed by atoms with Crippen molar-refractivity contribution >= 4 is 50.6 Å². The van der Waals surface area contributed by atoms with Crippen molar-refractivity contribution in [3.05, 3.63) is 73.6 Å². The molecule has 1 aliphatic carbocycles. The Hall–Kier alpha value is -3.23. The highest BCUT2D eigenvalue weighted by Gasteiger charge is 2.26. The minimum absolute atomic E-state index is 0.0401. The third-order valence-corrected chi connectivity index (χ3v) is 6.95. The molecule has 156 valence electrons. The van der Waals surface area contributed by atoms with E-state index in [1.54, 1.807) is 11.3 Å². The van der Waals surface area contributed by atoms with E-state index < -0.39 is 10.8 Å². The van der Waals surface area contributed by atoms with Crippen molar-refractivity contribution in [1.82, 2.24) is 9.97 Å². The molecule has 1 aliphatic rings. The van der Waals surface area contributed by atoms with Crippen LogP contribution in [0.4, 0.5) is 10.7 Å². The van der Waals surface area contributed by atoms with Gasteiger partial charge in [0.1, 0.15) is 10.8 Å². The van der Waals surface area contributed by atoms with E-state index in [0.717, 1.165) is 48.1 Å². The number of H-pyrrole nitrogens is 1. The number of anilines is 1. The average molecular weight is 453 g/mol. The molecule has 2 heterocycles. The first kappa shape index (κ1) is 19.7. The number of aromatic nitrogens is 2. The van der Waals surface area contributed by atoms with Crippen molar-refractivity contribution in [3.8, 4) is 11.4 Å². The molecule has 0 saturated heterocycles. The highest BCUT2D eigenvalue weighted by atomic mass is 35.5. The Bertz CT molecular complexity index is 1310. The Labute approximate surface area is 186 Å². The number of fused-ring (bicyclic) bond motifs is 2. The third kappa shape index (κ3) is 3.58. The molecule has 31 heavy (non-hydrogen) atoms. The van der Waals surface area contributed by atoms with Gasteiger partial charge in [0, 0.05) is 17.0 Å². The second-order valence-electron chi connectivity index (χ2n) is 7.39. The number of aromatic amines is 1. The van der Waals surface area contributed by atoms with E-state index in [0.29, 0.717) is 5.00 Å². The lowest BCUT2D eigenvalue weighted by atomic mass is 9.95. The number of para-hydroxylation sites is 2. The van der Waals surface area contributed by atoms with Crippen molar-refractivity contribution < 1.29 is 9.72 Å². The number of nitro groups is 1. The zero-order valence-electron chi connectivity index (χ0n) is 16.3. The first-order valence-corrected chi connectivity index (χ1v) is 11.1. The van der Waals surface area contributed by atoms with Gasteiger partial charge in [-0.15, -0.1) is 11.3 Å². The van der Waals surface area contributed by atoms with Crippen molar-refractivity contribution in [3.63, 3.8) is 0 Å². The number of imidazole rings is 1. The molecule has 0 saturated carbocycles. The summed E-state index contributed by atoms with van der Waals surface area (Å²) in [5.74, 6) is 0.321. The van der Waals surface area contributed by atoms with E-state index in [4.69, 9.17) is 16.6 Å². The van der Waals surface area contributed by atoms with E-state index in [1.807, 2.05) is 24.3 Å². The number of nitro benzene ring substituents is 1. The van der Waals surface area contributed by atoms with Crippen LogP contribution in [0.2, 0.25) is 5.02 Å². The first-order chi connectivity index (χ1) is 15.0. The van der Waals surface area contributed by atoms with Gasteiger partial charge in [-0.3, -0.25) is 14.9 Å². The molecule has 0 fully saturated rings. The maximum Gasteiger partial charge on any atom is 0.270 e. The number of hydrogen-bond acceptors (Lipinski definition) is 5. The Kier molecular flexibility index (Phi) is 4.95. The fraction of sp³-hybridized carbons (Fsp3) is 0.182. The van der Waals surface area contributed by atoms with Crippen molar-refractivity contribution in [2.75, 3.05) is 5.32 Å². The predicted molar refractivity (Wildman–Crippen MR) is 122 cm³/mol. The van der Waals surface area contributed by atoms with Crippen LogP contribution in [0.25, 0.3) is 22.4 Å². The van der Waals surface area contributed by atoms with Gasteiger partial charge >= 0.3 is 0 Å². The van der Waals surface area contributed by atoms with Gasteiger partial charge in [-0.1, -0.05) is 23.7 Å². The van der Waals surface area contributed by atoms with Crippen LogP contribution in [0, 0.1) is 10.1 Å². The molecule has 0 unspecified atom stereocenters. The molecule has 2 aromatic carbocycles. The van der Waals surface area contributed by atoms with Crippen molar-refractivity contribution in [1.29, 1.82) is 0 Å². The molecule has 2 N–H and O–H groups in total. The Balaban J connectivity index is 1.56. The summed E-state index contributed by atoms with van der Waals surface area (Å²) in [5, 5.41) is 14.7. The number of carbonyl (C=O) groups is 1. The maximum atomic E-state index is 13.0. The number of carbonyl (C=O) groups excluding carboxylic acids is 1. The van der Waals surface area contributed by atoms with Gasteiger partial charge in [0.15, 0.2) is 0 Å². The van der Waals surface area contributed by atoms with Crippen LogP contribution in [0.1, 0.15) is 33.6 Å². The van der Waals surface area contributed by atoms with Crippen LogP contribution in [0.15, 0.2) is 42.5 Å². The number of benzene rings is 2. The average Bonchev–Trinajstić information content (AvgIpc) is 3.33. The molecule has 0 aliphatic heterocycles. The van der Waals surface area contributed by atoms with Crippen molar-refractivity contribution in [2.45, 2.75) is 25.7 Å². The summed E-state index contributed by atoms with van der Waals surface area (Å²) in [5.41, 5.74) is 3.97. The van der Waals surface area contributed by atoms with Gasteiger partial charge in [-0.2, -0.15) is 0 Å². The molecule has 5 rings (SSSR count). The third-order valence-electron chi connectivity index (χ3n) is 5.43. The standard InChI is InChI=1S/C22H17ClN4O3S/c23-15-11-12(27(29)30)9-10-13(15)21(28)26-22-19(14-5-1-4-8-18(14)31-22)20-24-16-6-2-3-7-17(16)25-20/h2-3,6-7,9-11H,1,4-5,8H2,(H,24,25)(H,26,28). The molecule has 1 amide bonds. The van der Waals surface area contributed by atoms with Crippen LogP contribution in [0.3, 0.4) is 0 Å². The Morgan fingerprint density at radius 3 is 2.77 bits per heavy atom. The van der Waals surface area contributed by atoms with Gasteiger partial charge in [0.05, 0.1) is 32.1 Å². The first-order valence-electron chi connectivity index (χ1n) is 9.86. The van der Waals surface area contributed by atoms with E-state index in [-0.39, 0.29) is 16.3 Å². The number of aryl methyl sites for hydroxylation is 1. The fourth-order valence-corrected chi connectivity index (χ4v) is 5.49. The van der Waals surface area contributed by atoms with E-state index in [2.05, 4.69) is 10.3 Å². The molecule has 2 aromatic heterocycles. The van der Waals surface area contributed by atoms with Gasteiger partial charge in [-0.25, -0.2) is 4.98 Å². The Morgan fingerprint density at radius 2 is 2.00 bits per heavy atom. The second-order valence-corrected chi connectivity index (χ2v) is 8.91. The molecule has 7 nitrogen and oxygen atoms in total. The molecule has 9 heteroatoms. The van der Waals surface area contributed by atoms with Crippen LogP contribution in [-0.2, 0) is 12.8 Å². The Morgan fingerprint density at radius 1 is 1.19 bits per heavy atom. The zero-order chi connectivity index (χ0) is 21.5. The highest BCUT2D eigenvalue weighted by Crippen LogP contribution is 2.44. The predicted octanol–water partition coefficient (Wildman–Crippen LogP) is 5.98. The topological polar surface area (TPSA) is 101 Å². The van der Waals surface area contributed by atoms with Crippen LogP contribution >= 0.6 is 22.9 Å². The molecular formula is C22H17ClN4O3S. The lowest BCUT2D eigenvalue weighted by Crippen LogP contribution is -2.12. The quantitative estimate of drug-likeness (QED) is 0.293. The van der Waals surface area contributed by atoms with Crippen molar-refractivity contribution in [2.24, 2.45) is 0 Å². The molecule has 0 spiro atoms. The highest BCUT2D eigenvalue weighted by molar-refractivity contribution is 7.17. The molecule has 0 bridgehead atoms. The monoisotopic (exact) mass is 452 g/mol. The zero-order valence-corrected chi connectivity index (χ0v) is 17.8. The van der Waals surface area contributed by atoms with Crippen LogP contribution in [0.5, 0.6) is 0 Å². The molecule has 4 aromatic rings. The summed E-state index contributed by atoms with van der Waals surface area (Å²) >= 11 is 7.73. The normalized spacial score (nSPS) is 13.2. The van der Waals surface area contributed by atoms with Crippen LogP contribution < -0.4 is 5.32 Å². The van der Waals surface area contributed by atoms with Gasteiger partial charge < -0.3 is 10.3 Å². The summed E-state index contributed by atoms with van der Waals surface area (Å²) in [4.78, 5) is 32.8. The smallest absolute Gasteiger partial charge is 0.270 e. The summed E-state index contributed by atoms with van der Waals surface area (Å²) in [7, 11) is 0. The summed E-state index contributed by atoms with van der Waals surface area (Å²) in [6.07, 6.45) is 4.13. The van der Waals surface area contributed by atoms with E-state index in [9.17, 15) is 14.9 Å². The van der Waals surface area contributed by atoms with Gasteiger partial charge in [-0.05, 0) is 49.4 Å². The van der Waals surface area contributed by atoms with E-state index >= 15 is 0 Å². The number of nitrogens with one attached hydrogen (secondary N) is 2. The van der Waals surface area contributed by atoms with Crippen LogP contribution in [-0.4, -0.2) is 20.8 Å². The molecular weight excluding hydrogens is 436 g/mol. The van der Waals surface area contributed by atoms with E-state index in [1.165, 1.54) is 28.6 Å². The maximum absolute atomic E-state index is 13.0. The number of rotatable bonds is 4. The lowest BCUT2D eigenvalue weighted by Gasteiger charge is -2.12. The van der Waals surface area contributed by atoms with Gasteiger partial charge in [0.25, 0.3) is 11.6 Å². The minimum atomic E-state index is -0.541. The number of amides is 1. The second kappa shape index (κ2) is 7.79. The minimum Gasteiger partial charge on any atom is -0.338 e. The lowest BCUT2D eigenvalue weighted by molar-refractivity contribution is -0.384. The fourth-order valence-electron chi connectivity index (χ4n) is 3.95. The number of hydrogen-bond donors (Lipinski definition) is 2. The summed E-state index contributed by atoms with van der Waals surface area (Å²) in [6, 6.07) is 11.7. The number of non-ortho nitro benzene ring substituents is 1. The molecule has 0 atom stereocenters. The molecule has 0 radical (unpaired) electrons. The van der Waals surface area contributed by atoms with Gasteiger partial charge in [0.2, 0.25) is 0 Å². The number of thiophene rings is 1. The largest absolute Gasteiger partial charge is 0.338 e. The summed E-state index contributed by atoms with van der Waals surface area (Å²) in [6.45, 7) is 0. The summed E-state index contributed by atoms with van der Waals surface area (Å²) < 4.78 is 0. The SMILES string of the molecule is O=C(Nc1sc2c(c1-c1nc3ccccc3[nH]1)CCCC2)c1ccc([N+](=O)[O-])cc1Cl. The number of halogens is 1. The number of nitrogens with zero attached hydrogens (tertiary/aromatic N) is 2.